The number of anilines is 4. The Morgan fingerprint density at radius 2 is 1.01 bits per heavy atom. The van der Waals surface area contributed by atoms with Gasteiger partial charge in [-0.15, -0.1) is 20.4 Å². The number of carboxylic acid groups (broad SMARTS) is 2. The Labute approximate surface area is 458 Å². The first-order chi connectivity index (χ1) is 38.6. The molecule has 10 heterocycles. The van der Waals surface area contributed by atoms with Crippen molar-refractivity contribution in [2.45, 2.75) is 127 Å². The molecule has 3 fully saturated rings. The quantitative estimate of drug-likeness (QED) is 0.0387. The predicted octanol–water partition coefficient (Wildman–Crippen LogP) is -1.54. The van der Waals surface area contributed by atoms with Gasteiger partial charge in [-0.2, -0.15) is 29.5 Å². The minimum Gasteiger partial charge on any atom is -0.478 e. The number of tetrazole rings is 2. The topological polar surface area (TPSA) is 464 Å². The molecule has 0 unspecified atom stereocenters. The number of aliphatic hydroxyl groups excluding tert-OH is 4. The Balaban J connectivity index is 0.000000819. The van der Waals surface area contributed by atoms with Crippen LogP contribution in [-0.4, -0.2) is 196 Å². The van der Waals surface area contributed by atoms with E-state index in [2.05, 4.69) is 62.1 Å². The first kappa shape index (κ1) is 57.0. The van der Waals surface area contributed by atoms with E-state index in [4.69, 9.17) is 49.6 Å². The molecule has 1 saturated carbocycles. The molecular formula is C46H62N24O11. The lowest BCUT2D eigenvalue weighted by atomic mass is 9.91. The number of aliphatic carboxylic acids is 2. The molecule has 35 nitrogen and oxygen atoms in total. The van der Waals surface area contributed by atoms with Crippen molar-refractivity contribution in [3.63, 3.8) is 0 Å². The summed E-state index contributed by atoms with van der Waals surface area (Å²) in [6.45, 7) is 5.65. The van der Waals surface area contributed by atoms with E-state index in [9.17, 15) is 30.0 Å². The van der Waals surface area contributed by atoms with E-state index in [1.54, 1.807) is 21.8 Å². The van der Waals surface area contributed by atoms with Crippen molar-refractivity contribution in [1.82, 2.24) is 98.6 Å². The Morgan fingerprint density at radius 3 is 1.36 bits per heavy atom. The normalized spacial score (nSPS) is 23.6. The van der Waals surface area contributed by atoms with Crippen molar-refractivity contribution in [2.75, 3.05) is 34.4 Å². The minimum absolute atomic E-state index is 0. The molecule has 11 rings (SSSR count). The number of imidazole rings is 4. The minimum atomic E-state index is -1.36. The summed E-state index contributed by atoms with van der Waals surface area (Å²) in [4.78, 5) is 59.6. The van der Waals surface area contributed by atoms with Crippen LogP contribution in [0.25, 0.3) is 22.3 Å². The van der Waals surface area contributed by atoms with Crippen LogP contribution < -0.4 is 21.3 Å². The van der Waals surface area contributed by atoms with Gasteiger partial charge in [0.15, 0.2) is 58.6 Å². The van der Waals surface area contributed by atoms with E-state index < -0.39 is 61.0 Å². The summed E-state index contributed by atoms with van der Waals surface area (Å²) >= 11 is 0. The van der Waals surface area contributed by atoms with Gasteiger partial charge in [0.2, 0.25) is 23.5 Å². The van der Waals surface area contributed by atoms with Gasteiger partial charge in [0.25, 0.3) is 0 Å². The van der Waals surface area contributed by atoms with Gasteiger partial charge in [0, 0.05) is 76.7 Å². The molecule has 8 atom stereocenters. The molecule has 2 saturated heterocycles. The summed E-state index contributed by atoms with van der Waals surface area (Å²) in [5.74, 6) is -0.565. The van der Waals surface area contributed by atoms with E-state index in [-0.39, 0.29) is 29.2 Å². The number of hydrogen-bond acceptors (Lipinski definition) is 26. The van der Waals surface area contributed by atoms with Crippen LogP contribution in [0.2, 0.25) is 0 Å². The lowest BCUT2D eigenvalue weighted by molar-refractivity contribution is -0.134. The maximum atomic E-state index is 11.3. The van der Waals surface area contributed by atoms with Crippen LogP contribution in [0.1, 0.15) is 87.2 Å². The first-order valence-electron chi connectivity index (χ1n) is 25.8. The summed E-state index contributed by atoms with van der Waals surface area (Å²) in [6.07, 6.45) is 6.13. The number of carbonyl (C=O) groups is 2. The van der Waals surface area contributed by atoms with Crippen molar-refractivity contribution in [1.29, 1.82) is 0 Å². The Kier molecular flexibility index (Phi) is 17.4. The number of ether oxygens (including phenoxy) is 2. The zero-order valence-corrected chi connectivity index (χ0v) is 44.2. The molecular weight excluding hydrogens is 1060 g/mol. The third-order valence-corrected chi connectivity index (χ3v) is 13.5. The highest BCUT2D eigenvalue weighted by molar-refractivity contribution is 5.89. The van der Waals surface area contributed by atoms with Gasteiger partial charge in [-0.1, -0.05) is 0 Å². The first-order valence-corrected chi connectivity index (χ1v) is 25.8. The van der Waals surface area contributed by atoms with E-state index in [0.717, 1.165) is 37.1 Å². The van der Waals surface area contributed by atoms with Gasteiger partial charge in [0.1, 0.15) is 24.4 Å². The number of nitrogens with one attached hydrogen (secondary N) is 4. The van der Waals surface area contributed by atoms with Gasteiger partial charge in [-0.25, -0.2) is 29.5 Å². The second-order valence-electron chi connectivity index (χ2n) is 19.2. The molecule has 0 bridgehead atoms. The lowest BCUT2D eigenvalue weighted by Gasteiger charge is -2.30. The van der Waals surface area contributed by atoms with Crippen LogP contribution in [0.15, 0.2) is 49.9 Å². The number of carboxylic acids is 2. The molecule has 8 aromatic heterocycles. The molecule has 8 aromatic rings. The highest BCUT2D eigenvalue weighted by Gasteiger charge is 2.48. The van der Waals surface area contributed by atoms with Crippen molar-refractivity contribution in [3.05, 3.63) is 72.9 Å². The zero-order chi connectivity index (χ0) is 56.2. The molecule has 35 heteroatoms. The van der Waals surface area contributed by atoms with Crippen molar-refractivity contribution >= 4 is 57.8 Å². The fraction of sp³-hybridized carbons (Fsp3) is 0.522. The Morgan fingerprint density at radius 1 is 0.605 bits per heavy atom. The second kappa shape index (κ2) is 24.7. The molecule has 0 aromatic carbocycles. The van der Waals surface area contributed by atoms with Crippen LogP contribution in [0, 0.1) is 0 Å². The van der Waals surface area contributed by atoms with Crippen LogP contribution in [-0.2, 0) is 59.1 Å². The van der Waals surface area contributed by atoms with Gasteiger partial charge in [-0.3, -0.25) is 9.13 Å². The number of aliphatic hydroxyl groups is 4. The second-order valence-corrected chi connectivity index (χ2v) is 19.2. The van der Waals surface area contributed by atoms with E-state index in [1.807, 2.05) is 49.5 Å². The number of fused-ring (bicyclic) bond motifs is 2. The van der Waals surface area contributed by atoms with Crippen LogP contribution in [0.3, 0.4) is 0 Å². The van der Waals surface area contributed by atoms with Gasteiger partial charge < -0.3 is 76.0 Å². The SMILES string of the molecule is CCn1nnc([C@H]2O[C@@H](n3cnc4c(NC5CCC(Nc6nc(NCCc7cn(C)cn7)nc7c6ncn7[C@@H]6O[C@H](c7nnn(CC)n7)[C@@H](O)[C@H]6O)CC5)nc(NCCc5cn(C)cn5)nc43)[C@H](O)[C@@H]2O)n1.O.O=C(O)C=CC(=O)O. The van der Waals surface area contributed by atoms with Gasteiger partial charge in [0.05, 0.1) is 49.8 Å². The summed E-state index contributed by atoms with van der Waals surface area (Å²) in [6, 6.07) is -0.0247. The smallest absolute Gasteiger partial charge is 0.328 e. The lowest BCUT2D eigenvalue weighted by Crippen LogP contribution is -2.33. The number of aromatic nitrogens is 20. The summed E-state index contributed by atoms with van der Waals surface area (Å²) < 4.78 is 19.4. The molecule has 0 radical (unpaired) electrons. The van der Waals surface area contributed by atoms with E-state index >= 15 is 0 Å². The zero-order valence-electron chi connectivity index (χ0n) is 44.2. The predicted molar refractivity (Wildman–Crippen MR) is 279 cm³/mol. The monoisotopic (exact) mass is 1130 g/mol. The molecule has 0 amide bonds. The maximum Gasteiger partial charge on any atom is 0.328 e. The molecule has 0 spiro atoms. The van der Waals surface area contributed by atoms with Crippen LogP contribution >= 0.6 is 0 Å². The fourth-order valence-corrected chi connectivity index (χ4v) is 9.49. The summed E-state index contributed by atoms with van der Waals surface area (Å²) in [5.41, 5.74) is 3.47. The molecule has 2 aliphatic heterocycles. The van der Waals surface area contributed by atoms with Crippen molar-refractivity contribution < 1.29 is 55.2 Å². The third kappa shape index (κ3) is 12.7. The Hall–Kier alpha value is -8.74. The number of hydrogen-bond donors (Lipinski definition) is 10. The van der Waals surface area contributed by atoms with Gasteiger partial charge >= 0.3 is 11.9 Å². The van der Waals surface area contributed by atoms with Crippen LogP contribution in [0.5, 0.6) is 0 Å². The number of rotatable bonds is 20. The summed E-state index contributed by atoms with van der Waals surface area (Å²) in [7, 11) is 3.83. The van der Waals surface area contributed by atoms with E-state index in [1.165, 1.54) is 22.2 Å². The molecule has 432 valence electrons. The molecule has 81 heavy (non-hydrogen) atoms. The molecule has 12 N–H and O–H groups in total. The third-order valence-electron chi connectivity index (χ3n) is 13.5. The highest BCUT2D eigenvalue weighted by Crippen LogP contribution is 2.41. The highest BCUT2D eigenvalue weighted by atomic mass is 16.6. The van der Waals surface area contributed by atoms with Crippen molar-refractivity contribution in [2.24, 2.45) is 14.1 Å². The fourth-order valence-electron chi connectivity index (χ4n) is 9.49. The van der Waals surface area contributed by atoms with E-state index in [0.29, 0.717) is 97.0 Å². The molecule has 1 aliphatic carbocycles. The average Bonchev–Trinajstić information content (AvgIpc) is 4.41. The summed E-state index contributed by atoms with van der Waals surface area (Å²) in [5, 5.41) is 99.2. The van der Waals surface area contributed by atoms with Crippen LogP contribution in [0.4, 0.5) is 23.5 Å². The standard InChI is InChI=1S/C42H56N24O6.C4H4O4.H2O/c1-5-65-57-35(55-59-65)31-27(67)29(69)39(71-31)63-19-47-25-33(51-41(53-37(25)63)43-13-11-23-15-61(3)17-45-23)49-21-7-9-22(10-8-21)50-34-26-38(54-42(52-34)44-14-12-24-16-62(4)18-46-24)64(20-48-26)40-30(70)28(68)32(72-40)36-56-60-66(6-2)58-36;5-3(6)1-2-4(7)8;/h15-22,27-32,39-40,67-70H,5-14H2,1-4H3,(H2,43,49,51,53)(H2,44,50,52,54);1-2H,(H,5,6)(H,7,8);1H2/t21?,22?,27-,28-,29+,30+,31-,32-,39+,40+;;/m0../s1. The maximum absolute atomic E-state index is 11.3. The molecule has 3 aliphatic rings. The number of aryl methyl sites for hydroxylation is 4. The van der Waals surface area contributed by atoms with Gasteiger partial charge in [-0.05, 0) is 50.0 Å². The largest absolute Gasteiger partial charge is 0.478 e. The number of nitrogens with zero attached hydrogens (tertiary/aromatic N) is 20. The van der Waals surface area contributed by atoms with Crippen molar-refractivity contribution in [3.8, 4) is 0 Å². The Bertz CT molecular complexity index is 3230. The average molecular weight is 1130 g/mol.